The van der Waals surface area contributed by atoms with Crippen molar-refractivity contribution in [3.05, 3.63) is 70.2 Å². The molecule has 0 aliphatic carbocycles. The maximum Gasteiger partial charge on any atom is 0.260 e. The van der Waals surface area contributed by atoms with Gasteiger partial charge in [-0.25, -0.2) is 4.98 Å². The van der Waals surface area contributed by atoms with E-state index in [2.05, 4.69) is 15.0 Å². The van der Waals surface area contributed by atoms with E-state index in [-0.39, 0.29) is 17.0 Å². The van der Waals surface area contributed by atoms with Gasteiger partial charge < -0.3 is 14.3 Å². The smallest absolute Gasteiger partial charge is 0.260 e. The second-order valence-electron chi connectivity index (χ2n) is 5.52. The Morgan fingerprint density at radius 1 is 1.29 bits per heavy atom. The minimum atomic E-state index is -0.385. The summed E-state index contributed by atoms with van der Waals surface area (Å²) in [5.74, 6) is 0.980. The zero-order valence-corrected chi connectivity index (χ0v) is 12.7. The molecule has 0 bridgehead atoms. The quantitative estimate of drug-likeness (QED) is 0.774. The van der Waals surface area contributed by atoms with E-state index in [0.717, 1.165) is 17.0 Å². The normalized spacial score (nSPS) is 13.6. The van der Waals surface area contributed by atoms with Crippen molar-refractivity contribution in [2.75, 3.05) is 6.54 Å². The molecular formula is C17H14N4O3. The van der Waals surface area contributed by atoms with Gasteiger partial charge in [-0.15, -0.1) is 0 Å². The first-order chi connectivity index (χ1) is 11.7. The lowest BCUT2D eigenvalue weighted by Gasteiger charge is -2.25. The van der Waals surface area contributed by atoms with E-state index in [1.807, 2.05) is 12.1 Å². The highest BCUT2D eigenvalue weighted by molar-refractivity contribution is 5.93. The molecule has 0 fully saturated rings. The molecule has 1 amide bonds. The van der Waals surface area contributed by atoms with Crippen molar-refractivity contribution in [2.45, 2.75) is 13.0 Å². The number of aromatic nitrogens is 3. The van der Waals surface area contributed by atoms with Crippen LogP contribution in [0.3, 0.4) is 0 Å². The van der Waals surface area contributed by atoms with Crippen LogP contribution in [0.25, 0.3) is 11.5 Å². The van der Waals surface area contributed by atoms with Crippen LogP contribution >= 0.6 is 0 Å². The van der Waals surface area contributed by atoms with E-state index in [0.29, 0.717) is 25.4 Å². The number of nitrogens with one attached hydrogen (secondary N) is 1. The minimum Gasteiger partial charge on any atom is -0.441 e. The molecule has 1 aliphatic heterocycles. The first-order valence-electron chi connectivity index (χ1n) is 7.58. The lowest BCUT2D eigenvalue weighted by molar-refractivity contribution is 0.0726. The van der Waals surface area contributed by atoms with Crippen LogP contribution in [-0.4, -0.2) is 32.3 Å². The van der Waals surface area contributed by atoms with Gasteiger partial charge in [0.2, 0.25) is 5.89 Å². The molecule has 4 heterocycles. The Labute approximate surface area is 137 Å². The molecule has 0 spiro atoms. The second kappa shape index (κ2) is 5.77. The monoisotopic (exact) mass is 322 g/mol. The Balaban J connectivity index is 1.60. The number of H-pyrrole nitrogens is 1. The number of pyridine rings is 2. The van der Waals surface area contributed by atoms with Gasteiger partial charge in [0.1, 0.15) is 17.0 Å². The zero-order valence-electron chi connectivity index (χ0n) is 12.7. The Bertz CT molecular complexity index is 946. The molecule has 7 nitrogen and oxygen atoms in total. The van der Waals surface area contributed by atoms with Gasteiger partial charge in [0.05, 0.1) is 12.1 Å². The van der Waals surface area contributed by atoms with Crippen LogP contribution in [0.2, 0.25) is 0 Å². The van der Waals surface area contributed by atoms with E-state index in [1.54, 1.807) is 23.4 Å². The number of hydrogen-bond donors (Lipinski definition) is 1. The second-order valence-corrected chi connectivity index (χ2v) is 5.52. The third kappa shape index (κ3) is 2.50. The topological polar surface area (TPSA) is 92.1 Å². The molecule has 0 saturated heterocycles. The number of aromatic amines is 1. The van der Waals surface area contributed by atoms with Crippen molar-refractivity contribution in [1.29, 1.82) is 0 Å². The SMILES string of the molecule is O=C(c1ccc[nH]c1=O)N1CCc2oc(-c3cccnc3)nc2C1. The van der Waals surface area contributed by atoms with E-state index in [1.165, 1.54) is 12.3 Å². The fraction of sp³-hybridized carbons (Fsp3) is 0.176. The fourth-order valence-corrected chi connectivity index (χ4v) is 2.74. The van der Waals surface area contributed by atoms with Crippen LogP contribution in [0.15, 0.2) is 52.1 Å². The molecule has 0 unspecified atom stereocenters. The summed E-state index contributed by atoms with van der Waals surface area (Å²) in [5.41, 5.74) is 1.27. The fourth-order valence-electron chi connectivity index (χ4n) is 2.74. The van der Waals surface area contributed by atoms with Gasteiger partial charge in [0.25, 0.3) is 11.5 Å². The van der Waals surface area contributed by atoms with E-state index >= 15 is 0 Å². The van der Waals surface area contributed by atoms with E-state index in [4.69, 9.17) is 4.42 Å². The van der Waals surface area contributed by atoms with Crippen molar-refractivity contribution >= 4 is 5.91 Å². The van der Waals surface area contributed by atoms with Crippen molar-refractivity contribution in [3.63, 3.8) is 0 Å². The summed E-state index contributed by atoms with van der Waals surface area (Å²) < 4.78 is 5.79. The standard InChI is InChI=1S/C17H14N4O3/c22-15-12(4-2-7-19-15)17(23)21-8-5-14-13(10-21)20-16(24-14)11-3-1-6-18-9-11/h1-4,6-7,9H,5,8,10H2,(H,19,22). The lowest BCUT2D eigenvalue weighted by atomic mass is 10.1. The molecule has 3 aromatic heterocycles. The number of carbonyl (C=O) groups excluding carboxylic acids is 1. The Kier molecular flexibility index (Phi) is 3.45. The number of carbonyl (C=O) groups is 1. The molecule has 7 heteroatoms. The van der Waals surface area contributed by atoms with Crippen LogP contribution in [0.5, 0.6) is 0 Å². The molecule has 0 saturated carbocycles. The Morgan fingerprint density at radius 3 is 3.00 bits per heavy atom. The molecule has 24 heavy (non-hydrogen) atoms. The van der Waals surface area contributed by atoms with Crippen molar-refractivity contribution in [1.82, 2.24) is 19.9 Å². The zero-order chi connectivity index (χ0) is 16.5. The van der Waals surface area contributed by atoms with Crippen LogP contribution in [0.4, 0.5) is 0 Å². The van der Waals surface area contributed by atoms with E-state index in [9.17, 15) is 9.59 Å². The predicted octanol–water partition coefficient (Wildman–Crippen LogP) is 1.62. The molecular weight excluding hydrogens is 308 g/mol. The molecule has 120 valence electrons. The maximum atomic E-state index is 12.5. The first-order valence-corrected chi connectivity index (χ1v) is 7.58. The van der Waals surface area contributed by atoms with Gasteiger partial charge in [0.15, 0.2) is 0 Å². The number of hydrogen-bond acceptors (Lipinski definition) is 5. The van der Waals surface area contributed by atoms with Crippen molar-refractivity contribution < 1.29 is 9.21 Å². The number of nitrogens with zero attached hydrogens (tertiary/aromatic N) is 3. The highest BCUT2D eigenvalue weighted by Gasteiger charge is 2.27. The average molecular weight is 322 g/mol. The van der Waals surface area contributed by atoms with Crippen LogP contribution in [0, 0.1) is 0 Å². The van der Waals surface area contributed by atoms with Gasteiger partial charge in [-0.1, -0.05) is 0 Å². The third-order valence-corrected chi connectivity index (χ3v) is 3.97. The molecule has 0 aromatic carbocycles. The summed E-state index contributed by atoms with van der Waals surface area (Å²) in [6.45, 7) is 0.814. The maximum absolute atomic E-state index is 12.5. The highest BCUT2D eigenvalue weighted by atomic mass is 16.4. The molecule has 4 rings (SSSR count). The van der Waals surface area contributed by atoms with Crippen LogP contribution < -0.4 is 5.56 Å². The number of oxazole rings is 1. The number of rotatable bonds is 2. The summed E-state index contributed by atoms with van der Waals surface area (Å²) in [7, 11) is 0. The third-order valence-electron chi connectivity index (χ3n) is 3.97. The lowest BCUT2D eigenvalue weighted by Crippen LogP contribution is -2.38. The summed E-state index contributed by atoms with van der Waals surface area (Å²) in [4.78, 5) is 37.0. The molecule has 1 N–H and O–H groups in total. The van der Waals surface area contributed by atoms with Crippen molar-refractivity contribution in [3.8, 4) is 11.5 Å². The Hall–Kier alpha value is -3.22. The first kappa shape index (κ1) is 14.4. The van der Waals surface area contributed by atoms with Gasteiger partial charge in [0, 0.05) is 31.6 Å². The summed E-state index contributed by atoms with van der Waals surface area (Å²) >= 11 is 0. The minimum absolute atomic E-state index is 0.136. The molecule has 0 radical (unpaired) electrons. The summed E-state index contributed by atoms with van der Waals surface area (Å²) in [5, 5.41) is 0. The van der Waals surface area contributed by atoms with E-state index < -0.39 is 0 Å². The van der Waals surface area contributed by atoms with Crippen LogP contribution in [-0.2, 0) is 13.0 Å². The van der Waals surface area contributed by atoms with Crippen molar-refractivity contribution in [2.24, 2.45) is 0 Å². The van der Waals surface area contributed by atoms with Gasteiger partial charge in [-0.3, -0.25) is 14.6 Å². The van der Waals surface area contributed by atoms with Crippen LogP contribution in [0.1, 0.15) is 21.8 Å². The number of fused-ring (bicyclic) bond motifs is 1. The summed E-state index contributed by atoms with van der Waals surface area (Å²) in [6, 6.07) is 6.86. The average Bonchev–Trinajstić information content (AvgIpc) is 3.05. The molecule has 0 atom stereocenters. The largest absolute Gasteiger partial charge is 0.441 e. The highest BCUT2D eigenvalue weighted by Crippen LogP contribution is 2.26. The van der Waals surface area contributed by atoms with Gasteiger partial charge in [-0.05, 0) is 24.3 Å². The summed E-state index contributed by atoms with van der Waals surface area (Å²) in [6.07, 6.45) is 5.44. The molecule has 3 aromatic rings. The van der Waals surface area contributed by atoms with Gasteiger partial charge in [-0.2, -0.15) is 0 Å². The number of amides is 1. The predicted molar refractivity (Wildman–Crippen MR) is 85.2 cm³/mol. The Morgan fingerprint density at radius 2 is 2.21 bits per heavy atom. The van der Waals surface area contributed by atoms with Gasteiger partial charge >= 0.3 is 0 Å². The molecule has 1 aliphatic rings.